The zero-order chi connectivity index (χ0) is 20.1. The van der Waals surface area contributed by atoms with Gasteiger partial charge in [-0.05, 0) is 59.4 Å². The van der Waals surface area contributed by atoms with Crippen LogP contribution in [0.15, 0.2) is 60.7 Å². The van der Waals surface area contributed by atoms with Crippen molar-refractivity contribution < 1.29 is 14.6 Å². The quantitative estimate of drug-likeness (QED) is 0.644. The Balaban J connectivity index is 2.07. The van der Waals surface area contributed by atoms with Crippen LogP contribution in [0.25, 0.3) is 22.3 Å². The van der Waals surface area contributed by atoms with E-state index >= 15 is 0 Å². The van der Waals surface area contributed by atoms with Gasteiger partial charge in [0.25, 0.3) is 0 Å². The van der Waals surface area contributed by atoms with Crippen molar-refractivity contribution in [2.45, 2.75) is 19.8 Å². The van der Waals surface area contributed by atoms with E-state index in [-0.39, 0.29) is 6.42 Å². The van der Waals surface area contributed by atoms with E-state index in [1.807, 2.05) is 61.5 Å². The second-order valence-corrected chi connectivity index (χ2v) is 6.66. The molecule has 0 aromatic heterocycles. The minimum Gasteiger partial charge on any atom is -0.497 e. The van der Waals surface area contributed by atoms with Crippen LogP contribution in [0.2, 0.25) is 0 Å². The molecule has 4 nitrogen and oxygen atoms in total. The molecule has 0 amide bonds. The molecule has 1 N–H and O–H groups in total. The summed E-state index contributed by atoms with van der Waals surface area (Å²) in [4.78, 5) is 11.0. The molecule has 140 valence electrons. The van der Waals surface area contributed by atoms with Gasteiger partial charge in [0.05, 0.1) is 18.7 Å². The van der Waals surface area contributed by atoms with Crippen molar-refractivity contribution in [1.29, 1.82) is 5.26 Å². The molecule has 0 heterocycles. The molecule has 0 unspecified atom stereocenters. The van der Waals surface area contributed by atoms with Crippen molar-refractivity contribution in [3.8, 4) is 34.1 Å². The highest BCUT2D eigenvalue weighted by Gasteiger charge is 2.12. The van der Waals surface area contributed by atoms with Crippen molar-refractivity contribution in [2.75, 3.05) is 7.11 Å². The fourth-order valence-electron chi connectivity index (χ4n) is 3.30. The lowest BCUT2D eigenvalue weighted by atomic mass is 9.91. The molecule has 3 rings (SSSR count). The summed E-state index contributed by atoms with van der Waals surface area (Å²) in [7, 11) is 1.58. The van der Waals surface area contributed by atoms with Crippen LogP contribution in [0.3, 0.4) is 0 Å². The fraction of sp³-hybridized carbons (Fsp3) is 0.167. The molecular formula is C24H21NO3. The summed E-state index contributed by atoms with van der Waals surface area (Å²) in [6.45, 7) is 2.02. The maximum Gasteiger partial charge on any atom is 0.303 e. The van der Waals surface area contributed by atoms with Gasteiger partial charge in [-0.3, -0.25) is 4.79 Å². The normalized spacial score (nSPS) is 10.3. The number of rotatable bonds is 6. The number of nitrogens with zero attached hydrogens (tertiary/aromatic N) is 1. The van der Waals surface area contributed by atoms with Crippen LogP contribution in [-0.4, -0.2) is 18.2 Å². The van der Waals surface area contributed by atoms with Gasteiger partial charge >= 0.3 is 5.97 Å². The largest absolute Gasteiger partial charge is 0.497 e. The molecule has 4 heteroatoms. The smallest absolute Gasteiger partial charge is 0.303 e. The van der Waals surface area contributed by atoms with E-state index in [0.717, 1.165) is 33.4 Å². The van der Waals surface area contributed by atoms with E-state index in [0.29, 0.717) is 17.7 Å². The summed E-state index contributed by atoms with van der Waals surface area (Å²) in [5.74, 6) is -0.165. The van der Waals surface area contributed by atoms with E-state index in [4.69, 9.17) is 9.84 Å². The molecule has 3 aromatic carbocycles. The van der Waals surface area contributed by atoms with Gasteiger partial charge in [0.2, 0.25) is 0 Å². The molecule has 0 aliphatic heterocycles. The number of carboxylic acids is 1. The molecule has 0 saturated heterocycles. The number of carbonyl (C=O) groups is 1. The number of hydrogen-bond acceptors (Lipinski definition) is 3. The fourth-order valence-corrected chi connectivity index (χ4v) is 3.30. The Morgan fingerprint density at radius 1 is 1.04 bits per heavy atom. The lowest BCUT2D eigenvalue weighted by molar-refractivity contribution is -0.136. The third kappa shape index (κ3) is 4.21. The van der Waals surface area contributed by atoms with Crippen LogP contribution in [0, 0.1) is 18.3 Å². The van der Waals surface area contributed by atoms with Gasteiger partial charge < -0.3 is 9.84 Å². The zero-order valence-electron chi connectivity index (χ0n) is 15.9. The summed E-state index contributed by atoms with van der Waals surface area (Å²) in [6.07, 6.45) is 0.427. The first-order valence-corrected chi connectivity index (χ1v) is 9.02. The lowest BCUT2D eigenvalue weighted by Crippen LogP contribution is -2.00. The van der Waals surface area contributed by atoms with Crippen molar-refractivity contribution in [1.82, 2.24) is 0 Å². The molecule has 3 aromatic rings. The number of hydrogen-bond donors (Lipinski definition) is 1. The van der Waals surface area contributed by atoms with Gasteiger partial charge in [-0.15, -0.1) is 0 Å². The Morgan fingerprint density at radius 3 is 2.46 bits per heavy atom. The minimum absolute atomic E-state index is 0.0344. The Morgan fingerprint density at radius 2 is 1.79 bits per heavy atom. The Labute approximate surface area is 164 Å². The molecule has 0 spiro atoms. The monoisotopic (exact) mass is 371 g/mol. The number of ether oxygens (including phenoxy) is 1. The van der Waals surface area contributed by atoms with Crippen LogP contribution in [0.4, 0.5) is 0 Å². The predicted octanol–water partition coefficient (Wildman–Crippen LogP) is 5.23. The molecule has 0 fully saturated rings. The van der Waals surface area contributed by atoms with Crippen molar-refractivity contribution in [3.05, 3.63) is 77.4 Å². The second-order valence-electron chi connectivity index (χ2n) is 6.66. The topological polar surface area (TPSA) is 70.3 Å². The molecule has 0 bridgehead atoms. The maximum absolute atomic E-state index is 11.0. The standard InChI is InChI=1S/C24H21NO3/c1-16-4-3-5-17(12-16)23-9-6-18(13-20(23)15-25)22-10-8-21(28-2)14-19(22)7-11-24(26)27/h3-6,8-10,12-14H,7,11H2,1-2H3,(H,26,27). The number of carboxylic acid groups (broad SMARTS) is 1. The molecule has 0 aliphatic carbocycles. The van der Waals surface area contributed by atoms with Gasteiger partial charge in [0.1, 0.15) is 5.75 Å². The van der Waals surface area contributed by atoms with E-state index in [2.05, 4.69) is 12.1 Å². The van der Waals surface area contributed by atoms with E-state index < -0.39 is 5.97 Å². The minimum atomic E-state index is -0.846. The van der Waals surface area contributed by atoms with Crippen molar-refractivity contribution in [3.63, 3.8) is 0 Å². The molecule has 28 heavy (non-hydrogen) atoms. The van der Waals surface area contributed by atoms with Crippen molar-refractivity contribution in [2.24, 2.45) is 0 Å². The number of nitriles is 1. The summed E-state index contributed by atoms with van der Waals surface area (Å²) in [5, 5.41) is 18.8. The molecular weight excluding hydrogens is 350 g/mol. The third-order valence-electron chi connectivity index (χ3n) is 4.70. The highest BCUT2D eigenvalue weighted by Crippen LogP contribution is 2.32. The first kappa shape index (κ1) is 19.2. The van der Waals surface area contributed by atoms with E-state index in [9.17, 15) is 10.1 Å². The van der Waals surface area contributed by atoms with Crippen LogP contribution in [0.1, 0.15) is 23.1 Å². The summed E-state index contributed by atoms with van der Waals surface area (Å²) in [5.41, 5.74) is 6.29. The predicted molar refractivity (Wildman–Crippen MR) is 109 cm³/mol. The van der Waals surface area contributed by atoms with E-state index in [1.165, 1.54) is 0 Å². The highest BCUT2D eigenvalue weighted by atomic mass is 16.5. The Bertz CT molecular complexity index is 1060. The van der Waals surface area contributed by atoms with Crippen LogP contribution < -0.4 is 4.74 Å². The Hall–Kier alpha value is -3.58. The van der Waals surface area contributed by atoms with Gasteiger partial charge in [-0.1, -0.05) is 48.0 Å². The van der Waals surface area contributed by atoms with Gasteiger partial charge in [0, 0.05) is 6.42 Å². The van der Waals surface area contributed by atoms with Gasteiger partial charge in [-0.25, -0.2) is 0 Å². The highest BCUT2D eigenvalue weighted by molar-refractivity contribution is 5.78. The SMILES string of the molecule is COc1ccc(-c2ccc(-c3cccc(C)c3)c(C#N)c2)c(CCC(=O)O)c1. The van der Waals surface area contributed by atoms with Crippen LogP contribution in [0.5, 0.6) is 5.75 Å². The summed E-state index contributed by atoms with van der Waals surface area (Å²) >= 11 is 0. The van der Waals surface area contributed by atoms with Crippen LogP contribution in [-0.2, 0) is 11.2 Å². The van der Waals surface area contributed by atoms with Crippen LogP contribution >= 0.6 is 0 Å². The number of benzene rings is 3. The molecule has 0 aliphatic rings. The number of methoxy groups -OCH3 is 1. The number of aliphatic carboxylic acids is 1. The van der Waals surface area contributed by atoms with Gasteiger partial charge in [0.15, 0.2) is 0 Å². The zero-order valence-corrected chi connectivity index (χ0v) is 15.9. The maximum atomic E-state index is 11.0. The van der Waals surface area contributed by atoms with Crippen molar-refractivity contribution >= 4 is 5.97 Å². The first-order valence-electron chi connectivity index (χ1n) is 9.02. The molecule has 0 saturated carbocycles. The third-order valence-corrected chi connectivity index (χ3v) is 4.70. The van der Waals surface area contributed by atoms with Gasteiger partial charge in [-0.2, -0.15) is 5.26 Å². The average molecular weight is 371 g/mol. The Kier molecular flexibility index (Phi) is 5.76. The number of aryl methyl sites for hydroxylation is 2. The molecule has 0 atom stereocenters. The molecule has 0 radical (unpaired) electrons. The average Bonchev–Trinajstić information content (AvgIpc) is 2.71. The van der Waals surface area contributed by atoms with E-state index in [1.54, 1.807) is 7.11 Å². The second kappa shape index (κ2) is 8.41. The summed E-state index contributed by atoms with van der Waals surface area (Å²) in [6, 6.07) is 21.8. The lowest BCUT2D eigenvalue weighted by Gasteiger charge is -2.13. The first-order chi connectivity index (χ1) is 13.5. The summed E-state index contributed by atoms with van der Waals surface area (Å²) < 4.78 is 5.29.